The molecule has 5 heterocycles. The Morgan fingerprint density at radius 2 is 1.65 bits per heavy atom. The van der Waals surface area contributed by atoms with Gasteiger partial charge in [-0.1, -0.05) is 36.4 Å². The maximum absolute atomic E-state index is 15.4. The summed E-state index contributed by atoms with van der Waals surface area (Å²) >= 11 is 0. The van der Waals surface area contributed by atoms with Crippen LogP contribution in [0, 0.1) is 5.41 Å². The fourth-order valence-corrected chi connectivity index (χ4v) is 7.90. The number of imide groups is 1. The van der Waals surface area contributed by atoms with Gasteiger partial charge in [0.25, 0.3) is 5.92 Å². The van der Waals surface area contributed by atoms with Crippen molar-refractivity contribution in [1.29, 1.82) is 0 Å². The molecule has 4 aliphatic rings. The molecule has 2 aromatic carbocycles. The second kappa shape index (κ2) is 10.6. The number of anilines is 1. The zero-order chi connectivity index (χ0) is 29.9. The van der Waals surface area contributed by atoms with Gasteiger partial charge in [0.1, 0.15) is 6.04 Å². The fraction of sp³-hybridized carbons (Fsp3) is 0.531. The monoisotopic (exact) mass is 592 g/mol. The highest BCUT2D eigenvalue weighted by Gasteiger charge is 2.55. The Bertz CT molecular complexity index is 1600. The van der Waals surface area contributed by atoms with Crippen molar-refractivity contribution in [2.75, 3.05) is 44.2 Å². The highest BCUT2D eigenvalue weighted by Crippen LogP contribution is 2.46. The molecule has 2 amide bonds. The summed E-state index contributed by atoms with van der Waals surface area (Å²) in [6.45, 7) is 3.98. The van der Waals surface area contributed by atoms with Gasteiger partial charge in [-0.05, 0) is 48.8 Å². The number of fused-ring (bicyclic) bond motifs is 1. The van der Waals surface area contributed by atoms with Crippen molar-refractivity contribution in [2.24, 2.45) is 12.5 Å². The van der Waals surface area contributed by atoms with E-state index in [9.17, 15) is 14.4 Å². The molecule has 1 aromatic heterocycles. The van der Waals surface area contributed by atoms with E-state index in [0.717, 1.165) is 42.7 Å². The average molecular weight is 593 g/mol. The number of aryl methyl sites for hydroxylation is 1. The van der Waals surface area contributed by atoms with Gasteiger partial charge in [0.05, 0.1) is 29.3 Å². The first-order chi connectivity index (χ1) is 20.6. The van der Waals surface area contributed by atoms with E-state index in [1.807, 2.05) is 58.3 Å². The van der Waals surface area contributed by atoms with E-state index in [1.54, 1.807) is 11.6 Å². The van der Waals surface area contributed by atoms with Gasteiger partial charge in [-0.2, -0.15) is 0 Å². The van der Waals surface area contributed by atoms with Crippen LogP contribution in [0.4, 0.5) is 14.5 Å². The van der Waals surface area contributed by atoms with E-state index in [0.29, 0.717) is 44.5 Å². The summed E-state index contributed by atoms with van der Waals surface area (Å²) in [5.74, 6) is -3.51. The van der Waals surface area contributed by atoms with Crippen molar-refractivity contribution in [3.63, 3.8) is 0 Å². The number of amides is 2. The van der Waals surface area contributed by atoms with Crippen molar-refractivity contribution < 1.29 is 18.4 Å². The van der Waals surface area contributed by atoms with Crippen LogP contribution >= 0.6 is 0 Å². The maximum atomic E-state index is 15.4. The van der Waals surface area contributed by atoms with E-state index in [2.05, 4.69) is 10.2 Å². The number of imidazole rings is 1. The van der Waals surface area contributed by atoms with Crippen molar-refractivity contribution in [3.8, 4) is 0 Å². The van der Waals surface area contributed by atoms with Crippen molar-refractivity contribution >= 4 is 28.5 Å². The van der Waals surface area contributed by atoms with E-state index in [1.165, 1.54) is 4.57 Å². The van der Waals surface area contributed by atoms with Crippen LogP contribution in [0.5, 0.6) is 0 Å². The lowest BCUT2D eigenvalue weighted by Crippen LogP contribution is -2.68. The number of rotatable bonds is 5. The Kier molecular flexibility index (Phi) is 6.92. The summed E-state index contributed by atoms with van der Waals surface area (Å²) in [6, 6.07) is 14.1. The lowest BCUT2D eigenvalue weighted by molar-refractivity contribution is -0.171. The molecule has 9 nitrogen and oxygen atoms in total. The first-order valence-electron chi connectivity index (χ1n) is 15.3. The zero-order valence-corrected chi connectivity index (χ0v) is 24.5. The van der Waals surface area contributed by atoms with Crippen LogP contribution in [0.1, 0.15) is 43.7 Å². The molecule has 2 unspecified atom stereocenters. The van der Waals surface area contributed by atoms with Crippen LogP contribution in [-0.2, 0) is 23.2 Å². The second-order valence-corrected chi connectivity index (χ2v) is 13.0. The van der Waals surface area contributed by atoms with Crippen LogP contribution in [0.3, 0.4) is 0 Å². The molecule has 3 aromatic rings. The fourth-order valence-electron chi connectivity index (χ4n) is 7.90. The molecule has 4 saturated heterocycles. The molecule has 43 heavy (non-hydrogen) atoms. The summed E-state index contributed by atoms with van der Waals surface area (Å²) in [7, 11) is 1.72. The molecule has 4 aliphatic heterocycles. The number of nitrogens with zero attached hydrogens (tertiary/aromatic N) is 5. The molecular formula is C32H38F2N6O3. The number of hydrogen-bond donors (Lipinski definition) is 1. The Labute approximate surface area is 249 Å². The third kappa shape index (κ3) is 4.96. The molecule has 4 fully saturated rings. The number of halogens is 2. The van der Waals surface area contributed by atoms with Gasteiger partial charge in [0.2, 0.25) is 11.8 Å². The van der Waals surface area contributed by atoms with Gasteiger partial charge in [-0.15, -0.1) is 0 Å². The molecule has 1 spiro atoms. The molecule has 0 radical (unpaired) electrons. The minimum atomic E-state index is -2.74. The van der Waals surface area contributed by atoms with Crippen LogP contribution in [0.2, 0.25) is 0 Å². The Hall–Kier alpha value is -3.57. The Balaban J connectivity index is 1.01. The molecule has 0 aliphatic carbocycles. The number of para-hydroxylation sites is 1. The standard InChI is InChI=1S/C32H38F2N6O3/c1-36-28-23(8-5-9-24(28)40(30(36)43)25-10-11-27(41)35-29(25)42)38-16-13-31(14-17-38)19-39(20-31)26-12-15-37(21-32(26,33)34)18-22-6-3-2-4-7-22/h2-9,25-26H,10-21H2,1H3,(H,35,41,42). The van der Waals surface area contributed by atoms with Crippen LogP contribution in [0.25, 0.3) is 11.0 Å². The van der Waals surface area contributed by atoms with Crippen molar-refractivity contribution in [2.45, 2.75) is 56.7 Å². The largest absolute Gasteiger partial charge is 0.370 e. The molecular weight excluding hydrogens is 554 g/mol. The first-order valence-corrected chi connectivity index (χ1v) is 15.3. The summed E-state index contributed by atoms with van der Waals surface area (Å²) in [4.78, 5) is 43.8. The number of benzene rings is 2. The summed E-state index contributed by atoms with van der Waals surface area (Å²) in [6.07, 6.45) is 2.77. The lowest BCUT2D eigenvalue weighted by atomic mass is 9.70. The summed E-state index contributed by atoms with van der Waals surface area (Å²) in [5, 5.41) is 2.36. The van der Waals surface area contributed by atoms with Crippen LogP contribution in [0.15, 0.2) is 53.3 Å². The normalized spacial score (nSPS) is 26.1. The summed E-state index contributed by atoms with van der Waals surface area (Å²) < 4.78 is 33.8. The average Bonchev–Trinajstić information content (AvgIpc) is 3.22. The van der Waals surface area contributed by atoms with Crippen molar-refractivity contribution in [1.82, 2.24) is 24.3 Å². The lowest BCUT2D eigenvalue weighted by Gasteiger charge is -2.58. The third-order valence-electron chi connectivity index (χ3n) is 10.2. The number of carbonyl (C=O) groups excluding carboxylic acids is 2. The topological polar surface area (TPSA) is 82.8 Å². The number of aromatic nitrogens is 2. The highest BCUT2D eigenvalue weighted by atomic mass is 19.3. The quantitative estimate of drug-likeness (QED) is 0.459. The number of piperidine rings is 3. The van der Waals surface area contributed by atoms with Crippen LogP contribution in [-0.4, -0.2) is 82.0 Å². The molecule has 0 saturated carbocycles. The third-order valence-corrected chi connectivity index (χ3v) is 10.2. The van der Waals surface area contributed by atoms with Crippen LogP contribution < -0.4 is 15.9 Å². The highest BCUT2D eigenvalue weighted by molar-refractivity contribution is 6.00. The number of nitrogens with one attached hydrogen (secondary N) is 1. The Morgan fingerprint density at radius 3 is 2.35 bits per heavy atom. The minimum Gasteiger partial charge on any atom is -0.370 e. The number of likely N-dealkylation sites (tertiary alicyclic amines) is 2. The second-order valence-electron chi connectivity index (χ2n) is 13.0. The van der Waals surface area contributed by atoms with E-state index in [4.69, 9.17) is 0 Å². The smallest absolute Gasteiger partial charge is 0.329 e. The predicted molar refractivity (Wildman–Crippen MR) is 159 cm³/mol. The van der Waals surface area contributed by atoms with E-state index < -0.39 is 23.9 Å². The molecule has 0 bridgehead atoms. The van der Waals surface area contributed by atoms with Gasteiger partial charge in [-0.3, -0.25) is 33.8 Å². The van der Waals surface area contributed by atoms with Gasteiger partial charge in [-0.25, -0.2) is 13.6 Å². The molecule has 7 rings (SSSR count). The molecule has 11 heteroatoms. The SMILES string of the molecule is Cn1c(=O)n(C2CCC(=O)NC2=O)c2cccc(N3CCC4(CC3)CN(C3CCN(Cc5ccccc5)CC3(F)F)C4)c21. The number of alkyl halides is 2. The number of hydrogen-bond acceptors (Lipinski definition) is 6. The summed E-state index contributed by atoms with van der Waals surface area (Å²) in [5.41, 5.74) is 3.21. The van der Waals surface area contributed by atoms with Gasteiger partial charge >= 0.3 is 5.69 Å². The zero-order valence-electron chi connectivity index (χ0n) is 24.5. The van der Waals surface area contributed by atoms with E-state index in [-0.39, 0.29) is 30.0 Å². The van der Waals surface area contributed by atoms with Crippen molar-refractivity contribution in [3.05, 3.63) is 64.6 Å². The Morgan fingerprint density at radius 1 is 0.907 bits per heavy atom. The first kappa shape index (κ1) is 28.2. The maximum Gasteiger partial charge on any atom is 0.329 e. The predicted octanol–water partition coefficient (Wildman–Crippen LogP) is 3.13. The molecule has 1 N–H and O–H groups in total. The van der Waals surface area contributed by atoms with Gasteiger partial charge in [0, 0.05) is 52.7 Å². The van der Waals surface area contributed by atoms with Gasteiger partial charge < -0.3 is 4.90 Å². The van der Waals surface area contributed by atoms with Gasteiger partial charge in [0.15, 0.2) is 0 Å². The van der Waals surface area contributed by atoms with E-state index >= 15 is 8.78 Å². The minimum absolute atomic E-state index is 0.0478. The molecule has 228 valence electrons. The number of carbonyl (C=O) groups is 2. The molecule has 2 atom stereocenters.